The lowest BCUT2D eigenvalue weighted by Crippen LogP contribution is -2.40. The van der Waals surface area contributed by atoms with Gasteiger partial charge in [0.2, 0.25) is 0 Å². The third-order valence-corrected chi connectivity index (χ3v) is 6.19. The largest absolute Gasteiger partial charge is 0.341 e. The maximum Gasteiger partial charge on any atom is 0.253 e. The predicted molar refractivity (Wildman–Crippen MR) is 115 cm³/mol. The fraction of sp³-hybridized carbons (Fsp3) is 0.611. The molecule has 27 heavy (non-hydrogen) atoms. The molecule has 1 aliphatic heterocycles. The van der Waals surface area contributed by atoms with E-state index in [0.29, 0.717) is 38.3 Å². The van der Waals surface area contributed by atoms with Crippen LogP contribution in [0.1, 0.15) is 29.8 Å². The molecule has 0 aromatic heterocycles. The third kappa shape index (κ3) is 7.95. The lowest BCUT2D eigenvalue weighted by molar-refractivity contribution is 0.0740. The molecule has 0 aliphatic carbocycles. The smallest absolute Gasteiger partial charge is 0.253 e. The van der Waals surface area contributed by atoms with E-state index in [0.717, 1.165) is 5.56 Å². The van der Waals surface area contributed by atoms with Gasteiger partial charge in [0.25, 0.3) is 5.91 Å². The Labute approximate surface area is 175 Å². The van der Waals surface area contributed by atoms with Crippen LogP contribution in [0.4, 0.5) is 0 Å². The van der Waals surface area contributed by atoms with Crippen molar-refractivity contribution in [3.05, 3.63) is 35.4 Å². The highest BCUT2D eigenvalue weighted by molar-refractivity contribution is 7.91. The maximum absolute atomic E-state index is 12.7. The van der Waals surface area contributed by atoms with Crippen LogP contribution in [0.25, 0.3) is 0 Å². The van der Waals surface area contributed by atoms with Crippen LogP contribution in [0.15, 0.2) is 24.3 Å². The van der Waals surface area contributed by atoms with E-state index >= 15 is 0 Å². The fourth-order valence-corrected chi connectivity index (χ4v) is 4.24. The monoisotopic (exact) mass is 439 g/mol. The van der Waals surface area contributed by atoms with Crippen LogP contribution in [0, 0.1) is 5.41 Å². The Kier molecular flexibility index (Phi) is 10.3. The summed E-state index contributed by atoms with van der Waals surface area (Å²) in [6.07, 6.45) is 0. The van der Waals surface area contributed by atoms with Crippen LogP contribution in [0.3, 0.4) is 0 Å². The van der Waals surface area contributed by atoms with Crippen LogP contribution in [-0.4, -0.2) is 68.9 Å². The zero-order valence-electron chi connectivity index (χ0n) is 16.2. The fourth-order valence-electron chi connectivity index (χ4n) is 2.97. The molecule has 0 unspecified atom stereocenters. The van der Waals surface area contributed by atoms with E-state index in [4.69, 9.17) is 5.73 Å². The first-order chi connectivity index (χ1) is 11.6. The average molecular weight is 440 g/mol. The Morgan fingerprint density at radius 2 is 1.81 bits per heavy atom. The molecule has 0 atom stereocenters. The van der Waals surface area contributed by atoms with E-state index in [2.05, 4.69) is 4.90 Å². The van der Waals surface area contributed by atoms with E-state index in [1.54, 1.807) is 11.9 Å². The van der Waals surface area contributed by atoms with Crippen molar-refractivity contribution in [3.63, 3.8) is 0 Å². The van der Waals surface area contributed by atoms with Gasteiger partial charge in [0.15, 0.2) is 9.84 Å². The number of halogens is 2. The lowest BCUT2D eigenvalue weighted by atomic mass is 9.93. The van der Waals surface area contributed by atoms with E-state index < -0.39 is 9.84 Å². The van der Waals surface area contributed by atoms with Gasteiger partial charge in [0, 0.05) is 38.8 Å². The van der Waals surface area contributed by atoms with Crippen molar-refractivity contribution < 1.29 is 13.2 Å². The van der Waals surface area contributed by atoms with Crippen molar-refractivity contribution in [3.8, 4) is 0 Å². The number of rotatable bonds is 6. The van der Waals surface area contributed by atoms with Gasteiger partial charge in [-0.15, -0.1) is 24.8 Å². The normalized spacial score (nSPS) is 16.7. The minimum Gasteiger partial charge on any atom is -0.341 e. The lowest BCUT2D eigenvalue weighted by Gasteiger charge is -2.29. The molecule has 0 bridgehead atoms. The first-order valence-electron chi connectivity index (χ1n) is 8.59. The summed E-state index contributed by atoms with van der Waals surface area (Å²) in [6.45, 7) is 6.94. The Hall–Kier alpha value is -0.860. The van der Waals surface area contributed by atoms with Crippen molar-refractivity contribution in [2.24, 2.45) is 11.1 Å². The molecule has 156 valence electrons. The molecule has 1 aromatic carbocycles. The van der Waals surface area contributed by atoms with Gasteiger partial charge < -0.3 is 10.6 Å². The second-order valence-corrected chi connectivity index (χ2v) is 9.96. The summed E-state index contributed by atoms with van der Waals surface area (Å²) in [5.41, 5.74) is 7.31. The van der Waals surface area contributed by atoms with E-state index in [-0.39, 0.29) is 47.6 Å². The molecule has 0 spiro atoms. The molecular weight excluding hydrogens is 409 g/mol. The highest BCUT2D eigenvalue weighted by Gasteiger charge is 2.23. The number of benzene rings is 1. The first-order valence-corrected chi connectivity index (χ1v) is 10.4. The standard InChI is InChI=1S/C18H29N3O3S.2ClH/c1-18(2,13-19)14-20(3)17(22)16-6-4-5-15(11-16)12-21-7-9-25(23,24)10-8-21;;/h4-6,11H,7-10,12-14,19H2,1-3H3;2*1H. The molecule has 2 N–H and O–H groups in total. The summed E-state index contributed by atoms with van der Waals surface area (Å²) < 4.78 is 23.0. The van der Waals surface area contributed by atoms with Crippen LogP contribution < -0.4 is 5.73 Å². The summed E-state index contributed by atoms with van der Waals surface area (Å²) >= 11 is 0. The number of carbonyl (C=O) groups is 1. The Bertz CT molecular complexity index is 712. The van der Waals surface area contributed by atoms with Gasteiger partial charge in [-0.25, -0.2) is 8.42 Å². The minimum atomic E-state index is -2.87. The summed E-state index contributed by atoms with van der Waals surface area (Å²) in [4.78, 5) is 16.5. The van der Waals surface area contributed by atoms with Gasteiger partial charge in [-0.05, 0) is 29.7 Å². The van der Waals surface area contributed by atoms with Crippen molar-refractivity contribution >= 4 is 40.6 Å². The zero-order chi connectivity index (χ0) is 18.7. The van der Waals surface area contributed by atoms with Gasteiger partial charge in [-0.2, -0.15) is 0 Å². The average Bonchev–Trinajstić information content (AvgIpc) is 2.56. The number of nitrogens with zero attached hydrogens (tertiary/aromatic N) is 2. The second kappa shape index (κ2) is 10.6. The number of hydrogen-bond donors (Lipinski definition) is 1. The van der Waals surface area contributed by atoms with Gasteiger partial charge in [-0.1, -0.05) is 26.0 Å². The number of carbonyl (C=O) groups excluding carboxylic acids is 1. The van der Waals surface area contributed by atoms with Crippen LogP contribution in [-0.2, 0) is 16.4 Å². The summed E-state index contributed by atoms with van der Waals surface area (Å²) in [6, 6.07) is 7.57. The molecule has 0 saturated carbocycles. The second-order valence-electron chi connectivity index (χ2n) is 7.66. The molecule has 1 saturated heterocycles. The maximum atomic E-state index is 12.7. The predicted octanol–water partition coefficient (Wildman–Crippen LogP) is 1.82. The van der Waals surface area contributed by atoms with Crippen molar-refractivity contribution in [2.75, 3.05) is 44.7 Å². The molecule has 1 aliphatic rings. The third-order valence-electron chi connectivity index (χ3n) is 4.58. The molecule has 0 radical (unpaired) electrons. The zero-order valence-corrected chi connectivity index (χ0v) is 18.6. The van der Waals surface area contributed by atoms with Gasteiger partial charge in [-0.3, -0.25) is 9.69 Å². The summed E-state index contributed by atoms with van der Waals surface area (Å²) in [7, 11) is -1.08. The molecule has 1 heterocycles. The Morgan fingerprint density at radius 1 is 1.22 bits per heavy atom. The number of amides is 1. The molecule has 6 nitrogen and oxygen atoms in total. The molecule has 9 heteroatoms. The first kappa shape index (κ1) is 26.1. The van der Waals surface area contributed by atoms with Crippen molar-refractivity contribution in [1.29, 1.82) is 0 Å². The van der Waals surface area contributed by atoms with Crippen LogP contribution >= 0.6 is 24.8 Å². The summed E-state index contributed by atoms with van der Waals surface area (Å²) in [5.74, 6) is 0.398. The topological polar surface area (TPSA) is 83.7 Å². The number of hydrogen-bond acceptors (Lipinski definition) is 5. The highest BCUT2D eigenvalue weighted by atomic mass is 35.5. The molecule has 2 rings (SSSR count). The van der Waals surface area contributed by atoms with Crippen molar-refractivity contribution in [1.82, 2.24) is 9.80 Å². The van der Waals surface area contributed by atoms with E-state index in [1.165, 1.54) is 0 Å². The number of sulfone groups is 1. The molecule has 1 aromatic rings. The Balaban J connectivity index is 0.00000338. The highest BCUT2D eigenvalue weighted by Crippen LogP contribution is 2.17. The van der Waals surface area contributed by atoms with Crippen LogP contribution in [0.2, 0.25) is 0 Å². The quantitative estimate of drug-likeness (QED) is 0.730. The van der Waals surface area contributed by atoms with E-state index in [9.17, 15) is 13.2 Å². The minimum absolute atomic E-state index is 0. The molecule has 1 fully saturated rings. The van der Waals surface area contributed by atoms with Crippen molar-refractivity contribution in [2.45, 2.75) is 20.4 Å². The van der Waals surface area contributed by atoms with Crippen LogP contribution in [0.5, 0.6) is 0 Å². The summed E-state index contributed by atoms with van der Waals surface area (Å²) in [5, 5.41) is 0. The number of nitrogens with two attached hydrogens (primary N) is 1. The molecular formula is C18H31Cl2N3O3S. The van der Waals surface area contributed by atoms with Gasteiger partial charge in [0.05, 0.1) is 11.5 Å². The van der Waals surface area contributed by atoms with Gasteiger partial charge in [0.1, 0.15) is 0 Å². The Morgan fingerprint density at radius 3 is 2.37 bits per heavy atom. The van der Waals surface area contributed by atoms with Gasteiger partial charge >= 0.3 is 0 Å². The van der Waals surface area contributed by atoms with E-state index in [1.807, 2.05) is 38.1 Å². The molecule has 1 amide bonds. The SMILES string of the molecule is CN(CC(C)(C)CN)C(=O)c1cccc(CN2CCS(=O)(=O)CC2)c1.Cl.Cl.